The van der Waals surface area contributed by atoms with E-state index in [-0.39, 0.29) is 17.6 Å². The van der Waals surface area contributed by atoms with Gasteiger partial charge in [-0.3, -0.25) is 0 Å². The first-order chi connectivity index (χ1) is 8.03. The highest BCUT2D eigenvalue weighted by Crippen LogP contribution is 2.12. The van der Waals surface area contributed by atoms with Gasteiger partial charge in [-0.25, -0.2) is 9.59 Å². The fourth-order valence-electron chi connectivity index (χ4n) is 0.849. The van der Waals surface area contributed by atoms with Crippen molar-refractivity contribution in [1.29, 1.82) is 0 Å². The van der Waals surface area contributed by atoms with Gasteiger partial charge in [0.2, 0.25) is 0 Å². The third kappa shape index (κ3) is 10.8. The summed E-state index contributed by atoms with van der Waals surface area (Å²) in [6.07, 6.45) is 1.66. The van der Waals surface area contributed by atoms with Gasteiger partial charge in [-0.15, -0.1) is 0 Å². The summed E-state index contributed by atoms with van der Waals surface area (Å²) in [7, 11) is 0. The van der Waals surface area contributed by atoms with Crippen LogP contribution < -0.4 is 0 Å². The number of aliphatic hydroxyl groups is 2. The molecular weight excluding hydrogens is 240 g/mol. The topological polar surface area (TPSA) is 115 Å². The Morgan fingerprint density at radius 3 is 1.78 bits per heavy atom. The maximum absolute atomic E-state index is 10.3. The van der Waals surface area contributed by atoms with Gasteiger partial charge in [-0.2, -0.15) is 0 Å². The van der Waals surface area contributed by atoms with Crippen molar-refractivity contribution in [3.8, 4) is 0 Å². The molecule has 0 aromatic heterocycles. The molecule has 6 nitrogen and oxygen atoms in total. The Morgan fingerprint density at radius 2 is 1.56 bits per heavy atom. The Morgan fingerprint density at radius 1 is 1.17 bits per heavy atom. The molecule has 0 heterocycles. The van der Waals surface area contributed by atoms with Crippen LogP contribution in [0.2, 0.25) is 0 Å². The average Bonchev–Trinajstić information content (AvgIpc) is 2.17. The highest BCUT2D eigenvalue weighted by molar-refractivity contribution is 5.86. The Balaban J connectivity index is 0. The van der Waals surface area contributed by atoms with E-state index < -0.39 is 17.7 Å². The Labute approximate surface area is 106 Å². The minimum atomic E-state index is -1.99. The lowest BCUT2D eigenvalue weighted by Crippen LogP contribution is -2.25. The van der Waals surface area contributed by atoms with E-state index >= 15 is 0 Å². The number of carboxylic acid groups (broad SMARTS) is 2. The quantitative estimate of drug-likeness (QED) is 0.435. The molecule has 0 aliphatic heterocycles. The highest BCUT2D eigenvalue weighted by Gasteiger charge is 2.19. The number of rotatable bonds is 5. The SMILES string of the molecule is C=C(C)C(=O)O.CCCC(O)(O)C=C(C)C(=O)O. The molecule has 4 N–H and O–H groups in total. The first-order valence-electron chi connectivity index (χ1n) is 5.29. The van der Waals surface area contributed by atoms with Crippen LogP contribution in [0.15, 0.2) is 23.8 Å². The maximum Gasteiger partial charge on any atom is 0.331 e. The van der Waals surface area contributed by atoms with Crippen LogP contribution in [0.3, 0.4) is 0 Å². The van der Waals surface area contributed by atoms with Crippen LogP contribution in [0.1, 0.15) is 33.6 Å². The Hall–Kier alpha value is -1.66. The minimum Gasteiger partial charge on any atom is -0.478 e. The summed E-state index contributed by atoms with van der Waals surface area (Å²) >= 11 is 0. The molecule has 0 fully saturated rings. The monoisotopic (exact) mass is 260 g/mol. The summed E-state index contributed by atoms with van der Waals surface area (Å²) in [6, 6.07) is 0. The molecular formula is C12H20O6. The van der Waals surface area contributed by atoms with Gasteiger partial charge in [0.05, 0.1) is 0 Å². The normalized spacial score (nSPS) is 11.3. The summed E-state index contributed by atoms with van der Waals surface area (Å²) in [6.45, 7) is 7.70. The van der Waals surface area contributed by atoms with Crippen molar-refractivity contribution in [2.24, 2.45) is 0 Å². The van der Waals surface area contributed by atoms with E-state index in [9.17, 15) is 9.59 Å². The number of hydrogen-bond acceptors (Lipinski definition) is 4. The number of carbonyl (C=O) groups is 2. The summed E-state index contributed by atoms with van der Waals surface area (Å²) in [5.74, 6) is -4.06. The molecule has 0 amide bonds. The van der Waals surface area contributed by atoms with Crippen molar-refractivity contribution in [3.05, 3.63) is 23.8 Å². The van der Waals surface area contributed by atoms with Gasteiger partial charge in [0.15, 0.2) is 5.79 Å². The second-order valence-corrected chi connectivity index (χ2v) is 3.85. The van der Waals surface area contributed by atoms with E-state index in [1.54, 1.807) is 6.92 Å². The fraction of sp³-hybridized carbons (Fsp3) is 0.500. The van der Waals surface area contributed by atoms with Crippen LogP contribution in [0.25, 0.3) is 0 Å². The minimum absolute atomic E-state index is 0.0616. The summed E-state index contributed by atoms with van der Waals surface area (Å²) in [5, 5.41) is 34.6. The summed E-state index contributed by atoms with van der Waals surface area (Å²) < 4.78 is 0. The third-order valence-electron chi connectivity index (χ3n) is 1.77. The fourth-order valence-corrected chi connectivity index (χ4v) is 0.849. The molecule has 6 heteroatoms. The molecule has 0 unspecified atom stereocenters. The van der Waals surface area contributed by atoms with Gasteiger partial charge < -0.3 is 20.4 Å². The molecule has 0 spiro atoms. The Bertz CT molecular complexity index is 328. The number of carboxylic acids is 2. The smallest absolute Gasteiger partial charge is 0.331 e. The second-order valence-electron chi connectivity index (χ2n) is 3.85. The molecule has 0 bridgehead atoms. The lowest BCUT2D eigenvalue weighted by molar-refractivity contribution is -0.136. The molecule has 0 saturated carbocycles. The van der Waals surface area contributed by atoms with E-state index in [0.717, 1.165) is 6.08 Å². The molecule has 0 atom stereocenters. The number of aliphatic carboxylic acids is 2. The van der Waals surface area contributed by atoms with Gasteiger partial charge in [0.1, 0.15) is 0 Å². The van der Waals surface area contributed by atoms with E-state index in [4.69, 9.17) is 20.4 Å². The molecule has 0 saturated heterocycles. The third-order valence-corrected chi connectivity index (χ3v) is 1.77. The zero-order chi connectivity index (χ0) is 14.9. The molecule has 104 valence electrons. The first-order valence-corrected chi connectivity index (χ1v) is 5.29. The molecule has 18 heavy (non-hydrogen) atoms. The summed E-state index contributed by atoms with van der Waals surface area (Å²) in [4.78, 5) is 19.9. The molecule has 0 radical (unpaired) electrons. The van der Waals surface area contributed by atoms with E-state index in [1.807, 2.05) is 0 Å². The van der Waals surface area contributed by atoms with Crippen LogP contribution in [0.4, 0.5) is 0 Å². The van der Waals surface area contributed by atoms with Crippen molar-refractivity contribution in [2.75, 3.05) is 0 Å². The van der Waals surface area contributed by atoms with E-state index in [2.05, 4.69) is 6.58 Å². The molecule has 0 aromatic carbocycles. The van der Waals surface area contributed by atoms with Gasteiger partial charge >= 0.3 is 11.9 Å². The zero-order valence-corrected chi connectivity index (χ0v) is 10.8. The van der Waals surface area contributed by atoms with Crippen LogP contribution in [0.5, 0.6) is 0 Å². The van der Waals surface area contributed by atoms with Crippen molar-refractivity contribution in [1.82, 2.24) is 0 Å². The van der Waals surface area contributed by atoms with Crippen LogP contribution >= 0.6 is 0 Å². The van der Waals surface area contributed by atoms with Crippen molar-refractivity contribution in [3.63, 3.8) is 0 Å². The molecule has 0 aliphatic carbocycles. The zero-order valence-electron chi connectivity index (χ0n) is 10.8. The number of hydrogen-bond donors (Lipinski definition) is 4. The van der Waals surface area contributed by atoms with E-state index in [0.29, 0.717) is 6.42 Å². The highest BCUT2D eigenvalue weighted by atomic mass is 16.5. The Kier molecular flexibility index (Phi) is 8.76. The standard InChI is InChI=1S/C8H14O4.C4H6O2/c1-3-4-8(11,12)5-6(2)7(9)10;1-3(2)4(5)6/h5,11-12H,3-4H2,1-2H3,(H,9,10);1H2,2H3,(H,5,6). The van der Waals surface area contributed by atoms with Gasteiger partial charge in [-0.1, -0.05) is 19.9 Å². The maximum atomic E-state index is 10.3. The average molecular weight is 260 g/mol. The lowest BCUT2D eigenvalue weighted by Gasteiger charge is -2.16. The van der Waals surface area contributed by atoms with Crippen molar-refractivity contribution >= 4 is 11.9 Å². The van der Waals surface area contributed by atoms with Crippen molar-refractivity contribution in [2.45, 2.75) is 39.4 Å². The largest absolute Gasteiger partial charge is 0.478 e. The predicted octanol–water partition coefficient (Wildman–Crippen LogP) is 1.15. The van der Waals surface area contributed by atoms with Crippen LogP contribution in [0, 0.1) is 0 Å². The van der Waals surface area contributed by atoms with Gasteiger partial charge in [0.25, 0.3) is 0 Å². The van der Waals surface area contributed by atoms with Gasteiger partial charge in [-0.05, 0) is 19.9 Å². The molecule has 0 rings (SSSR count). The first kappa shape index (κ1) is 18.7. The molecule has 0 aliphatic rings. The lowest BCUT2D eigenvalue weighted by atomic mass is 10.1. The summed E-state index contributed by atoms with van der Waals surface area (Å²) in [5.41, 5.74) is 0.114. The predicted molar refractivity (Wildman–Crippen MR) is 65.9 cm³/mol. The van der Waals surface area contributed by atoms with Crippen molar-refractivity contribution < 1.29 is 30.0 Å². The second kappa shape index (κ2) is 8.43. The van der Waals surface area contributed by atoms with Crippen LogP contribution in [-0.2, 0) is 9.59 Å². The van der Waals surface area contributed by atoms with Crippen LogP contribution in [-0.4, -0.2) is 38.2 Å². The van der Waals surface area contributed by atoms with Gasteiger partial charge in [0, 0.05) is 17.6 Å². The van der Waals surface area contributed by atoms with E-state index in [1.165, 1.54) is 13.8 Å². The molecule has 0 aromatic rings.